The third-order valence-corrected chi connectivity index (χ3v) is 4.79. The van der Waals surface area contributed by atoms with Gasteiger partial charge in [0.15, 0.2) is 16.6 Å². The monoisotopic (exact) mass is 410 g/mol. The van der Waals surface area contributed by atoms with Gasteiger partial charge in [0, 0.05) is 17.0 Å². The number of ether oxygens (including phenoxy) is 3. The van der Waals surface area contributed by atoms with E-state index in [0.29, 0.717) is 23.2 Å². The number of hydrogen-bond acceptors (Lipinski definition) is 6. The fraction of sp³-hybridized carbons (Fsp3) is 0.182. The summed E-state index contributed by atoms with van der Waals surface area (Å²) >= 11 is 1.37. The highest BCUT2D eigenvalue weighted by atomic mass is 32.1. The van der Waals surface area contributed by atoms with E-state index in [1.807, 2.05) is 54.8 Å². The van der Waals surface area contributed by atoms with E-state index < -0.39 is 0 Å². The molecular weight excluding hydrogens is 388 g/mol. The van der Waals surface area contributed by atoms with Crippen molar-refractivity contribution in [2.75, 3.05) is 26.1 Å². The van der Waals surface area contributed by atoms with Gasteiger partial charge < -0.3 is 14.2 Å². The highest BCUT2D eigenvalue weighted by Crippen LogP contribution is 2.29. The van der Waals surface area contributed by atoms with Gasteiger partial charge in [0.25, 0.3) is 0 Å². The van der Waals surface area contributed by atoms with Gasteiger partial charge in [-0.05, 0) is 55.0 Å². The van der Waals surface area contributed by atoms with Gasteiger partial charge in [-0.2, -0.15) is 0 Å². The summed E-state index contributed by atoms with van der Waals surface area (Å²) in [5.41, 5.74) is 2.59. The number of nitrogens with zero attached hydrogens (tertiary/aromatic N) is 1. The molecule has 1 heterocycles. The van der Waals surface area contributed by atoms with E-state index in [2.05, 4.69) is 10.3 Å². The quantitative estimate of drug-likeness (QED) is 0.536. The number of aromatic nitrogens is 1. The molecule has 0 saturated carbocycles. The SMILES string of the molecule is CCOc1ccc(/C=C/C(=O)Nc2nc(-c3ccc(OC)cc3)cs2)cc1OC. The molecule has 0 aliphatic rings. The van der Waals surface area contributed by atoms with Crippen molar-refractivity contribution in [3.05, 3.63) is 59.5 Å². The molecule has 29 heavy (non-hydrogen) atoms. The van der Waals surface area contributed by atoms with E-state index in [1.54, 1.807) is 20.3 Å². The molecule has 0 bridgehead atoms. The van der Waals surface area contributed by atoms with E-state index in [9.17, 15) is 4.79 Å². The third kappa shape index (κ3) is 5.36. The Morgan fingerprint density at radius 3 is 2.59 bits per heavy atom. The fourth-order valence-electron chi connectivity index (χ4n) is 2.61. The Morgan fingerprint density at radius 1 is 1.10 bits per heavy atom. The molecule has 1 amide bonds. The normalized spacial score (nSPS) is 10.7. The fourth-order valence-corrected chi connectivity index (χ4v) is 3.33. The maximum atomic E-state index is 12.2. The summed E-state index contributed by atoms with van der Waals surface area (Å²) in [5, 5.41) is 5.22. The molecule has 150 valence electrons. The van der Waals surface area contributed by atoms with Crippen molar-refractivity contribution in [1.82, 2.24) is 4.98 Å². The zero-order valence-electron chi connectivity index (χ0n) is 16.5. The topological polar surface area (TPSA) is 69.7 Å². The van der Waals surface area contributed by atoms with E-state index in [4.69, 9.17) is 14.2 Å². The van der Waals surface area contributed by atoms with Crippen LogP contribution in [0, 0.1) is 0 Å². The van der Waals surface area contributed by atoms with Crippen LogP contribution in [0.15, 0.2) is 53.9 Å². The van der Waals surface area contributed by atoms with Crippen LogP contribution >= 0.6 is 11.3 Å². The third-order valence-electron chi connectivity index (χ3n) is 4.03. The molecular formula is C22H22N2O4S. The summed E-state index contributed by atoms with van der Waals surface area (Å²) in [6.45, 7) is 2.47. The molecule has 0 atom stereocenters. The van der Waals surface area contributed by atoms with E-state index in [1.165, 1.54) is 17.4 Å². The number of hydrogen-bond donors (Lipinski definition) is 1. The number of thiazole rings is 1. The molecule has 0 aliphatic carbocycles. The van der Waals surface area contributed by atoms with Gasteiger partial charge in [0.05, 0.1) is 26.5 Å². The Bertz CT molecular complexity index is 996. The Balaban J connectivity index is 1.64. The Kier molecular flexibility index (Phi) is 6.86. The first-order chi connectivity index (χ1) is 14.1. The Hall–Kier alpha value is -3.32. The van der Waals surface area contributed by atoms with Crippen LogP contribution in [-0.4, -0.2) is 31.7 Å². The van der Waals surface area contributed by atoms with Gasteiger partial charge in [-0.25, -0.2) is 4.98 Å². The maximum Gasteiger partial charge on any atom is 0.250 e. The summed E-state index contributed by atoms with van der Waals surface area (Å²) in [6.07, 6.45) is 3.18. The number of carbonyl (C=O) groups excluding carboxylic acids is 1. The Morgan fingerprint density at radius 2 is 1.90 bits per heavy atom. The summed E-state index contributed by atoms with van der Waals surface area (Å²) in [6, 6.07) is 13.1. The van der Waals surface area contributed by atoms with Crippen LogP contribution in [0.2, 0.25) is 0 Å². The molecule has 0 aliphatic heterocycles. The summed E-state index contributed by atoms with van der Waals surface area (Å²) in [7, 11) is 3.21. The summed E-state index contributed by atoms with van der Waals surface area (Å²) < 4.78 is 16.0. The van der Waals surface area contributed by atoms with E-state index in [0.717, 1.165) is 22.6 Å². The van der Waals surface area contributed by atoms with Crippen molar-refractivity contribution in [1.29, 1.82) is 0 Å². The standard InChI is InChI=1S/C22H22N2O4S/c1-4-28-19-11-5-15(13-20(19)27-3)6-12-21(25)24-22-23-18(14-29-22)16-7-9-17(26-2)10-8-16/h5-14H,4H2,1-3H3,(H,23,24,25)/b12-6+. The van der Waals surface area contributed by atoms with Gasteiger partial charge in [-0.1, -0.05) is 6.07 Å². The van der Waals surface area contributed by atoms with Crippen molar-refractivity contribution in [3.8, 4) is 28.5 Å². The molecule has 0 spiro atoms. The molecule has 0 fully saturated rings. The van der Waals surface area contributed by atoms with Crippen LogP contribution in [0.25, 0.3) is 17.3 Å². The molecule has 0 saturated heterocycles. The van der Waals surface area contributed by atoms with Crippen molar-refractivity contribution in [2.45, 2.75) is 6.92 Å². The number of carbonyl (C=O) groups is 1. The van der Waals surface area contributed by atoms with Gasteiger partial charge in [0.2, 0.25) is 5.91 Å². The first-order valence-corrected chi connectivity index (χ1v) is 9.90. The largest absolute Gasteiger partial charge is 0.497 e. The predicted molar refractivity (Wildman–Crippen MR) is 116 cm³/mol. The highest BCUT2D eigenvalue weighted by molar-refractivity contribution is 7.14. The van der Waals surface area contributed by atoms with Crippen molar-refractivity contribution >= 4 is 28.5 Å². The average Bonchev–Trinajstić information content (AvgIpc) is 3.21. The lowest BCUT2D eigenvalue weighted by Crippen LogP contribution is -2.07. The average molecular weight is 410 g/mol. The van der Waals surface area contributed by atoms with Crippen molar-refractivity contribution in [3.63, 3.8) is 0 Å². The number of anilines is 1. The highest BCUT2D eigenvalue weighted by Gasteiger charge is 2.08. The van der Waals surface area contributed by atoms with Crippen LogP contribution < -0.4 is 19.5 Å². The first kappa shape index (κ1) is 20.4. The molecule has 7 heteroatoms. The zero-order valence-corrected chi connectivity index (χ0v) is 17.3. The lowest BCUT2D eigenvalue weighted by molar-refractivity contribution is -0.111. The molecule has 3 rings (SSSR count). The van der Waals surface area contributed by atoms with Crippen LogP contribution in [0.4, 0.5) is 5.13 Å². The number of methoxy groups -OCH3 is 2. The van der Waals surface area contributed by atoms with Crippen LogP contribution in [0.3, 0.4) is 0 Å². The van der Waals surface area contributed by atoms with E-state index >= 15 is 0 Å². The molecule has 2 aromatic carbocycles. The smallest absolute Gasteiger partial charge is 0.250 e. The molecule has 6 nitrogen and oxygen atoms in total. The number of rotatable bonds is 8. The predicted octanol–water partition coefficient (Wildman–Crippen LogP) is 4.88. The summed E-state index contributed by atoms with van der Waals surface area (Å²) in [4.78, 5) is 16.7. The zero-order chi connectivity index (χ0) is 20.6. The number of amides is 1. The van der Waals surface area contributed by atoms with E-state index in [-0.39, 0.29) is 5.91 Å². The maximum absolute atomic E-state index is 12.2. The second kappa shape index (κ2) is 9.75. The molecule has 1 aromatic heterocycles. The molecule has 1 N–H and O–H groups in total. The van der Waals surface area contributed by atoms with Crippen LogP contribution in [0.1, 0.15) is 12.5 Å². The minimum absolute atomic E-state index is 0.256. The second-order valence-corrected chi connectivity index (χ2v) is 6.79. The minimum Gasteiger partial charge on any atom is -0.497 e. The lowest BCUT2D eigenvalue weighted by Gasteiger charge is -2.09. The second-order valence-electron chi connectivity index (χ2n) is 5.93. The van der Waals surface area contributed by atoms with Gasteiger partial charge in [-0.3, -0.25) is 10.1 Å². The number of benzene rings is 2. The molecule has 0 unspecified atom stereocenters. The summed E-state index contributed by atoms with van der Waals surface area (Å²) in [5.74, 6) is 1.82. The lowest BCUT2D eigenvalue weighted by atomic mass is 10.2. The molecule has 0 radical (unpaired) electrons. The minimum atomic E-state index is -0.256. The van der Waals surface area contributed by atoms with Gasteiger partial charge in [0.1, 0.15) is 5.75 Å². The van der Waals surface area contributed by atoms with Crippen LogP contribution in [0.5, 0.6) is 17.2 Å². The van der Waals surface area contributed by atoms with Crippen molar-refractivity contribution < 1.29 is 19.0 Å². The van der Waals surface area contributed by atoms with Gasteiger partial charge >= 0.3 is 0 Å². The van der Waals surface area contributed by atoms with Crippen molar-refractivity contribution in [2.24, 2.45) is 0 Å². The number of nitrogens with one attached hydrogen (secondary N) is 1. The van der Waals surface area contributed by atoms with Gasteiger partial charge in [-0.15, -0.1) is 11.3 Å². The first-order valence-electron chi connectivity index (χ1n) is 9.02. The Labute approximate surface area is 173 Å². The molecule has 3 aromatic rings. The van der Waals surface area contributed by atoms with Crippen LogP contribution in [-0.2, 0) is 4.79 Å².